The van der Waals surface area contributed by atoms with Gasteiger partial charge in [-0.3, -0.25) is 20.4 Å². The maximum absolute atomic E-state index is 12.5. The van der Waals surface area contributed by atoms with E-state index >= 15 is 0 Å². The number of amides is 2. The molecule has 5 nitrogen and oxygen atoms in total. The van der Waals surface area contributed by atoms with E-state index in [-0.39, 0.29) is 5.91 Å². The molecule has 0 fully saturated rings. The van der Waals surface area contributed by atoms with Crippen molar-refractivity contribution in [1.29, 1.82) is 0 Å². The van der Waals surface area contributed by atoms with Crippen LogP contribution < -0.4 is 10.9 Å². The van der Waals surface area contributed by atoms with Gasteiger partial charge in [0, 0.05) is 20.5 Å². The molecule has 0 aliphatic carbocycles. The fraction of sp³-hybridized carbons (Fsp3) is 0.0556. The summed E-state index contributed by atoms with van der Waals surface area (Å²) < 4.78 is 0.658. The molecule has 0 aliphatic rings. The molecule has 0 radical (unpaired) electrons. The highest BCUT2D eigenvalue weighted by Gasteiger charge is 2.14. The van der Waals surface area contributed by atoms with Gasteiger partial charge < -0.3 is 0 Å². The van der Waals surface area contributed by atoms with E-state index in [4.69, 9.17) is 0 Å². The van der Waals surface area contributed by atoms with Crippen molar-refractivity contribution in [2.45, 2.75) is 10.6 Å². The van der Waals surface area contributed by atoms with Crippen LogP contribution in [0.15, 0.2) is 68.8 Å². The Balaban J connectivity index is 1.64. The number of hydrogen-bond donors (Lipinski definition) is 2. The lowest BCUT2D eigenvalue weighted by Crippen LogP contribution is -2.41. The maximum atomic E-state index is 12.5. The molecular weight excluding hydrogens is 434 g/mol. The summed E-state index contributed by atoms with van der Waals surface area (Å²) in [4.78, 5) is 29.8. The molecule has 2 aromatic carbocycles. The first kappa shape index (κ1) is 18.6. The summed E-state index contributed by atoms with van der Waals surface area (Å²) in [7, 11) is 0. The first-order valence-electron chi connectivity index (χ1n) is 7.59. The number of carbonyl (C=O) groups is 2. The zero-order chi connectivity index (χ0) is 18.4. The van der Waals surface area contributed by atoms with Crippen LogP contribution in [0.3, 0.4) is 0 Å². The predicted octanol–water partition coefficient (Wildman–Crippen LogP) is 4.27. The summed E-state index contributed by atoms with van der Waals surface area (Å²) >= 11 is 6.39. The fourth-order valence-electron chi connectivity index (χ4n) is 2.13. The Morgan fingerprint density at radius 3 is 2.35 bits per heavy atom. The number of thioether (sulfide) groups is 1. The first-order chi connectivity index (χ1) is 12.6. The van der Waals surface area contributed by atoms with Gasteiger partial charge in [-0.15, -0.1) is 23.1 Å². The molecule has 1 aromatic heterocycles. The molecule has 0 spiro atoms. The lowest BCUT2D eigenvalue weighted by atomic mass is 10.2. The van der Waals surface area contributed by atoms with Gasteiger partial charge in [0.15, 0.2) is 0 Å². The topological polar surface area (TPSA) is 71.1 Å². The van der Waals surface area contributed by atoms with Crippen LogP contribution in [0.25, 0.3) is 0 Å². The third-order valence-electron chi connectivity index (χ3n) is 3.40. The summed E-state index contributed by atoms with van der Waals surface area (Å²) in [5.41, 5.74) is 8.62. The molecular formula is C18H14BrN3O2S2. The minimum atomic E-state index is -0.390. The molecule has 0 aliphatic heterocycles. The number of carbonyl (C=O) groups excluding carboxylic acids is 2. The van der Waals surface area contributed by atoms with Gasteiger partial charge in [-0.2, -0.15) is 0 Å². The smallest absolute Gasteiger partial charge is 0.267 e. The lowest BCUT2D eigenvalue weighted by molar-refractivity contribution is 0.0844. The van der Waals surface area contributed by atoms with Crippen LogP contribution in [0, 0.1) is 0 Å². The van der Waals surface area contributed by atoms with Crippen molar-refractivity contribution in [2.24, 2.45) is 0 Å². The largest absolute Gasteiger partial charge is 0.270 e. The number of thiazole rings is 1. The molecule has 0 unspecified atom stereocenters. The van der Waals surface area contributed by atoms with Crippen LogP contribution in [0.5, 0.6) is 0 Å². The van der Waals surface area contributed by atoms with Crippen molar-refractivity contribution in [1.82, 2.24) is 15.8 Å². The molecule has 2 amide bonds. The highest BCUT2D eigenvalue weighted by Crippen LogP contribution is 2.26. The number of hydrazine groups is 1. The van der Waals surface area contributed by atoms with Crippen LogP contribution in [0.1, 0.15) is 26.4 Å². The van der Waals surface area contributed by atoms with E-state index in [1.54, 1.807) is 47.2 Å². The third-order valence-corrected chi connectivity index (χ3v) is 5.83. The molecule has 0 saturated carbocycles. The highest BCUT2D eigenvalue weighted by atomic mass is 79.9. The second-order valence-corrected chi connectivity index (χ2v) is 7.74. The maximum Gasteiger partial charge on any atom is 0.270 e. The molecule has 8 heteroatoms. The van der Waals surface area contributed by atoms with Crippen LogP contribution in [-0.2, 0) is 5.75 Å². The van der Waals surface area contributed by atoms with Crippen LogP contribution >= 0.6 is 39.0 Å². The van der Waals surface area contributed by atoms with Crippen molar-refractivity contribution in [3.63, 3.8) is 0 Å². The van der Waals surface area contributed by atoms with Gasteiger partial charge in [0.1, 0.15) is 0 Å². The Labute approximate surface area is 167 Å². The molecule has 132 valence electrons. The first-order valence-corrected chi connectivity index (χ1v) is 10.3. The van der Waals surface area contributed by atoms with E-state index in [1.807, 2.05) is 23.6 Å². The van der Waals surface area contributed by atoms with Gasteiger partial charge in [0.25, 0.3) is 11.8 Å². The number of rotatable bonds is 5. The second-order valence-electron chi connectivity index (χ2n) is 5.15. The zero-order valence-electron chi connectivity index (χ0n) is 13.4. The van der Waals surface area contributed by atoms with Gasteiger partial charge in [0.2, 0.25) is 0 Å². The normalized spacial score (nSPS) is 10.3. The van der Waals surface area contributed by atoms with Gasteiger partial charge in [0.05, 0.1) is 22.3 Å². The van der Waals surface area contributed by atoms with Crippen molar-refractivity contribution < 1.29 is 9.59 Å². The number of hydrogen-bond acceptors (Lipinski definition) is 5. The van der Waals surface area contributed by atoms with Crippen LogP contribution in [0.4, 0.5) is 0 Å². The molecule has 26 heavy (non-hydrogen) atoms. The monoisotopic (exact) mass is 447 g/mol. The Morgan fingerprint density at radius 1 is 1.00 bits per heavy atom. The van der Waals surface area contributed by atoms with Crippen molar-refractivity contribution >= 4 is 50.8 Å². The van der Waals surface area contributed by atoms with Crippen molar-refractivity contribution in [2.75, 3.05) is 0 Å². The number of aromatic nitrogens is 1. The fourth-order valence-corrected chi connectivity index (χ4v) is 4.22. The minimum absolute atomic E-state index is 0.369. The van der Waals surface area contributed by atoms with Crippen molar-refractivity contribution in [3.8, 4) is 0 Å². The van der Waals surface area contributed by atoms with E-state index in [0.717, 1.165) is 10.6 Å². The molecule has 2 N–H and O–H groups in total. The van der Waals surface area contributed by atoms with Crippen molar-refractivity contribution in [3.05, 3.63) is 80.7 Å². The number of halogens is 1. The lowest BCUT2D eigenvalue weighted by Gasteiger charge is -2.11. The Hall–Kier alpha value is -2.16. The van der Waals surface area contributed by atoms with E-state index in [1.165, 1.54) is 11.8 Å². The molecule has 0 atom stereocenters. The summed E-state index contributed by atoms with van der Waals surface area (Å²) in [5.74, 6) is -0.0814. The molecule has 0 saturated heterocycles. The number of nitrogens with zero attached hydrogens (tertiary/aromatic N) is 1. The van der Waals surface area contributed by atoms with Crippen LogP contribution in [0.2, 0.25) is 0 Å². The van der Waals surface area contributed by atoms with E-state index in [2.05, 4.69) is 31.8 Å². The molecule has 3 aromatic rings. The average Bonchev–Trinajstić information content (AvgIpc) is 3.18. The summed E-state index contributed by atoms with van der Waals surface area (Å²) in [6, 6.07) is 14.3. The third kappa shape index (κ3) is 4.72. The van der Waals surface area contributed by atoms with E-state index in [9.17, 15) is 9.59 Å². The average molecular weight is 448 g/mol. The van der Waals surface area contributed by atoms with Crippen LogP contribution in [-0.4, -0.2) is 16.8 Å². The standard InChI is InChI=1S/C18H14BrN3O2S2/c19-15-7-3-1-5-13(15)17(23)21-22-18(24)14-6-2-4-8-16(14)26-10-12-9-25-11-20-12/h1-9,11H,10H2,(H,21,23)(H,22,24). The summed E-state index contributed by atoms with van der Waals surface area (Å²) in [6.07, 6.45) is 0. The van der Waals surface area contributed by atoms with Gasteiger partial charge in [-0.25, -0.2) is 4.98 Å². The second kappa shape index (κ2) is 8.98. The summed E-state index contributed by atoms with van der Waals surface area (Å²) in [5, 5.41) is 1.98. The van der Waals surface area contributed by atoms with Gasteiger partial charge in [-0.1, -0.05) is 24.3 Å². The predicted molar refractivity (Wildman–Crippen MR) is 107 cm³/mol. The molecule has 3 rings (SSSR count). The van der Waals surface area contributed by atoms with Gasteiger partial charge >= 0.3 is 0 Å². The Kier molecular flexibility index (Phi) is 6.43. The van der Waals surface area contributed by atoms with E-state index in [0.29, 0.717) is 21.4 Å². The minimum Gasteiger partial charge on any atom is -0.267 e. The summed E-state index contributed by atoms with van der Waals surface area (Å²) in [6.45, 7) is 0. The van der Waals surface area contributed by atoms with Gasteiger partial charge in [-0.05, 0) is 40.2 Å². The zero-order valence-corrected chi connectivity index (χ0v) is 16.7. The number of benzene rings is 2. The Morgan fingerprint density at radius 2 is 1.65 bits per heavy atom. The SMILES string of the molecule is O=C(NNC(=O)c1ccccc1SCc1cscn1)c1ccccc1Br. The molecule has 1 heterocycles. The molecule has 0 bridgehead atoms. The number of nitrogens with one attached hydrogen (secondary N) is 2. The quantitative estimate of drug-likeness (QED) is 0.452. The highest BCUT2D eigenvalue weighted by molar-refractivity contribution is 9.10. The Bertz CT molecular complexity index is 916. The van der Waals surface area contributed by atoms with E-state index < -0.39 is 5.91 Å².